The molecule has 0 bridgehead atoms. The molecule has 0 radical (unpaired) electrons. The van der Waals surface area contributed by atoms with Crippen molar-refractivity contribution in [2.45, 2.75) is 110 Å². The van der Waals surface area contributed by atoms with Crippen LogP contribution in [0, 0.1) is 0 Å². The van der Waals surface area contributed by atoms with Crippen LogP contribution in [-0.2, 0) is 22.9 Å². The van der Waals surface area contributed by atoms with E-state index in [0.29, 0.717) is 47.8 Å². The first-order valence-corrected chi connectivity index (χ1v) is 17.9. The van der Waals surface area contributed by atoms with Gasteiger partial charge in [-0.1, -0.05) is 135 Å². The molecular formula is C44H57NO4. The minimum atomic E-state index is -1.73. The van der Waals surface area contributed by atoms with Crippen molar-refractivity contribution in [2.24, 2.45) is 4.99 Å². The number of hydrogen-bond donors (Lipinski definition) is 2. The number of aliphatic hydroxyl groups is 1. The van der Waals surface area contributed by atoms with Crippen LogP contribution in [0.25, 0.3) is 0 Å². The number of phenols is 1. The minimum Gasteiger partial charge on any atom is -0.507 e. The Morgan fingerprint density at radius 3 is 1.61 bits per heavy atom. The number of hydrogen-bond acceptors (Lipinski definition) is 5. The first-order valence-electron chi connectivity index (χ1n) is 17.9. The quantitative estimate of drug-likeness (QED) is 0.0981. The summed E-state index contributed by atoms with van der Waals surface area (Å²) in [6.07, 6.45) is 5.87. The van der Waals surface area contributed by atoms with E-state index in [1.54, 1.807) is 18.3 Å². The van der Waals surface area contributed by atoms with Crippen LogP contribution in [0.1, 0.15) is 114 Å². The number of nitrogens with zero attached hydrogens (tertiary/aromatic N) is 1. The van der Waals surface area contributed by atoms with Gasteiger partial charge in [0.05, 0.1) is 19.3 Å². The Bertz CT molecular complexity index is 1590. The second-order valence-corrected chi connectivity index (χ2v) is 15.1. The summed E-state index contributed by atoms with van der Waals surface area (Å²) < 4.78 is 13.3. The lowest BCUT2D eigenvalue weighted by Gasteiger charge is -2.42. The molecule has 0 saturated carbocycles. The predicted octanol–water partition coefficient (Wildman–Crippen LogP) is 10.3. The molecule has 0 aliphatic heterocycles. The fourth-order valence-electron chi connectivity index (χ4n) is 6.36. The number of rotatable bonds is 15. The van der Waals surface area contributed by atoms with Gasteiger partial charge in [-0.2, -0.15) is 0 Å². The number of ether oxygens (including phenoxy) is 2. The molecule has 4 rings (SSSR count). The fourth-order valence-corrected chi connectivity index (χ4v) is 6.36. The zero-order valence-corrected chi connectivity index (χ0v) is 30.9. The summed E-state index contributed by atoms with van der Waals surface area (Å²) in [5.41, 5.74) is 2.52. The van der Waals surface area contributed by atoms with Gasteiger partial charge in [-0.05, 0) is 71.0 Å². The van der Waals surface area contributed by atoms with Crippen molar-refractivity contribution in [3.05, 3.63) is 124 Å². The maximum Gasteiger partial charge on any atom is 0.145 e. The Morgan fingerprint density at radius 1 is 0.653 bits per heavy atom. The highest BCUT2D eigenvalue weighted by Gasteiger charge is 2.49. The number of aromatic hydroxyl groups is 1. The van der Waals surface area contributed by atoms with Gasteiger partial charge in [-0.3, -0.25) is 4.99 Å². The van der Waals surface area contributed by atoms with E-state index < -0.39 is 11.6 Å². The lowest BCUT2D eigenvalue weighted by Crippen LogP contribution is -2.45. The van der Waals surface area contributed by atoms with E-state index in [1.807, 2.05) is 54.6 Å². The van der Waals surface area contributed by atoms with Crippen LogP contribution in [0.4, 0.5) is 0 Å². The highest BCUT2D eigenvalue weighted by atomic mass is 16.5. The number of aliphatic imine (C=N–C) groups is 1. The third kappa shape index (κ3) is 9.13. The normalized spacial score (nSPS) is 13.1. The number of benzene rings is 4. The van der Waals surface area contributed by atoms with Crippen LogP contribution in [0.3, 0.4) is 0 Å². The average Bonchev–Trinajstić information content (AvgIpc) is 3.06. The second kappa shape index (κ2) is 16.5. The van der Waals surface area contributed by atoms with Crippen molar-refractivity contribution >= 4 is 6.21 Å². The van der Waals surface area contributed by atoms with Gasteiger partial charge in [0, 0.05) is 22.9 Å². The number of phenolic OH excluding ortho intramolecular Hbond substituents is 1. The maximum atomic E-state index is 14.2. The van der Waals surface area contributed by atoms with E-state index in [2.05, 4.69) is 79.7 Å². The Labute approximate surface area is 295 Å². The molecule has 1 unspecified atom stereocenters. The molecule has 0 aliphatic rings. The zero-order valence-electron chi connectivity index (χ0n) is 30.9. The average molecular weight is 664 g/mol. The first-order chi connectivity index (χ1) is 23.3. The van der Waals surface area contributed by atoms with E-state index in [-0.39, 0.29) is 16.6 Å². The summed E-state index contributed by atoms with van der Waals surface area (Å²) in [4.78, 5) is 5.25. The van der Waals surface area contributed by atoms with Crippen LogP contribution in [0.15, 0.2) is 96.0 Å². The van der Waals surface area contributed by atoms with Crippen molar-refractivity contribution in [3.8, 4) is 17.2 Å². The van der Waals surface area contributed by atoms with E-state index in [9.17, 15) is 10.2 Å². The number of para-hydroxylation sites is 1. The predicted molar refractivity (Wildman–Crippen MR) is 204 cm³/mol. The van der Waals surface area contributed by atoms with Crippen molar-refractivity contribution in [1.82, 2.24) is 0 Å². The topological polar surface area (TPSA) is 71.3 Å². The molecule has 5 heteroatoms. The summed E-state index contributed by atoms with van der Waals surface area (Å²) >= 11 is 0. The molecule has 262 valence electrons. The molecule has 1 atom stereocenters. The largest absolute Gasteiger partial charge is 0.507 e. The SMILES string of the molecule is CCCCOc1cccc(C(C)(C)C)c1C(O)(c1c(OCCCC)cccc1C(C)(C)C)C(Cc1ccccc1)N=Cc1ccccc1O. The van der Waals surface area contributed by atoms with Gasteiger partial charge in [0.1, 0.15) is 22.8 Å². The molecule has 0 heterocycles. The van der Waals surface area contributed by atoms with Crippen molar-refractivity contribution in [3.63, 3.8) is 0 Å². The third-order valence-electron chi connectivity index (χ3n) is 9.03. The van der Waals surface area contributed by atoms with Crippen molar-refractivity contribution in [2.75, 3.05) is 13.2 Å². The van der Waals surface area contributed by atoms with Gasteiger partial charge in [-0.25, -0.2) is 0 Å². The number of unbranched alkanes of at least 4 members (excludes halogenated alkanes) is 2. The van der Waals surface area contributed by atoms with E-state index in [0.717, 1.165) is 42.4 Å². The molecule has 2 N–H and O–H groups in total. The molecule has 0 spiro atoms. The summed E-state index contributed by atoms with van der Waals surface area (Å²) in [5.74, 6) is 1.41. The van der Waals surface area contributed by atoms with E-state index in [1.165, 1.54) is 0 Å². The van der Waals surface area contributed by atoms with Crippen molar-refractivity contribution < 1.29 is 19.7 Å². The van der Waals surface area contributed by atoms with E-state index in [4.69, 9.17) is 14.5 Å². The van der Waals surface area contributed by atoms with Crippen molar-refractivity contribution in [1.29, 1.82) is 0 Å². The molecule has 0 aliphatic carbocycles. The lowest BCUT2D eigenvalue weighted by atomic mass is 9.67. The monoisotopic (exact) mass is 663 g/mol. The molecule has 0 fully saturated rings. The summed E-state index contributed by atoms with van der Waals surface area (Å²) in [6.45, 7) is 18.4. The van der Waals surface area contributed by atoms with Crippen LogP contribution in [-0.4, -0.2) is 35.7 Å². The molecule has 0 saturated heterocycles. The van der Waals surface area contributed by atoms with Crippen LogP contribution in [0.5, 0.6) is 17.2 Å². The zero-order chi connectivity index (χ0) is 35.7. The Morgan fingerprint density at radius 2 is 1.14 bits per heavy atom. The molecule has 5 nitrogen and oxygen atoms in total. The Kier molecular flexibility index (Phi) is 12.7. The van der Waals surface area contributed by atoms with Crippen LogP contribution in [0.2, 0.25) is 0 Å². The highest BCUT2D eigenvalue weighted by molar-refractivity contribution is 5.83. The molecule has 0 amide bonds. The standard InChI is InChI=1S/C44H57NO4/c1-9-11-28-48-37-26-18-23-34(42(3,4)5)40(37)44(47,41-35(43(6,7)8)24-19-27-38(41)49-29-12-10-2)39(30-32-20-14-13-15-21-32)45-31-33-22-16-17-25-36(33)46/h13-27,31,39,46-47H,9-12,28-30H2,1-8H3. The molecule has 4 aromatic carbocycles. The Balaban J connectivity index is 2.19. The molecular weight excluding hydrogens is 606 g/mol. The summed E-state index contributed by atoms with van der Waals surface area (Å²) in [7, 11) is 0. The van der Waals surface area contributed by atoms with Gasteiger partial charge < -0.3 is 19.7 Å². The van der Waals surface area contributed by atoms with Gasteiger partial charge in [0.2, 0.25) is 0 Å². The molecule has 0 aromatic heterocycles. The molecule has 49 heavy (non-hydrogen) atoms. The minimum absolute atomic E-state index is 0.130. The third-order valence-corrected chi connectivity index (χ3v) is 9.03. The van der Waals surface area contributed by atoms with Gasteiger partial charge in [-0.15, -0.1) is 0 Å². The van der Waals surface area contributed by atoms with Crippen LogP contribution >= 0.6 is 0 Å². The van der Waals surface area contributed by atoms with Gasteiger partial charge in [0.15, 0.2) is 0 Å². The van der Waals surface area contributed by atoms with E-state index >= 15 is 0 Å². The summed E-state index contributed by atoms with van der Waals surface area (Å²) in [5, 5.41) is 25.0. The van der Waals surface area contributed by atoms with Crippen LogP contribution < -0.4 is 9.47 Å². The Hall–Kier alpha value is -4.09. The summed E-state index contributed by atoms with van der Waals surface area (Å²) in [6, 6.07) is 28.8. The second-order valence-electron chi connectivity index (χ2n) is 15.1. The van der Waals surface area contributed by atoms with Gasteiger partial charge >= 0.3 is 0 Å². The maximum absolute atomic E-state index is 14.2. The molecule has 4 aromatic rings. The first kappa shape index (κ1) is 37.7. The van der Waals surface area contributed by atoms with Gasteiger partial charge in [0.25, 0.3) is 0 Å². The fraction of sp³-hybridized carbons (Fsp3) is 0.432. The lowest BCUT2D eigenvalue weighted by molar-refractivity contribution is 0.0427. The highest BCUT2D eigenvalue weighted by Crippen LogP contribution is 2.51. The smallest absolute Gasteiger partial charge is 0.145 e.